The number of aliphatic hydroxyl groups excluding tert-OH is 1. The van der Waals surface area contributed by atoms with Crippen LogP contribution < -0.4 is 16.2 Å². The second-order valence-corrected chi connectivity index (χ2v) is 6.69. The first-order chi connectivity index (χ1) is 11.0. The number of amidine groups is 1. The first kappa shape index (κ1) is 18.1. The first-order valence-electron chi connectivity index (χ1n) is 7.54. The Bertz CT molecular complexity index is 686. The van der Waals surface area contributed by atoms with E-state index < -0.39 is 12.5 Å². The normalized spacial score (nSPS) is 17.5. The third kappa shape index (κ3) is 3.97. The van der Waals surface area contributed by atoms with E-state index in [1.54, 1.807) is 29.3 Å². The zero-order valence-corrected chi connectivity index (χ0v) is 14.4. The van der Waals surface area contributed by atoms with Crippen molar-refractivity contribution in [2.45, 2.75) is 39.1 Å². The van der Waals surface area contributed by atoms with Crippen molar-refractivity contribution in [3.63, 3.8) is 0 Å². The molecule has 1 heterocycles. The zero-order valence-electron chi connectivity index (χ0n) is 14.4. The number of rotatable bonds is 4. The molecule has 0 amide bonds. The molecule has 1 aliphatic rings. The molecule has 1 aromatic carbocycles. The maximum absolute atomic E-state index is 9.01. The van der Waals surface area contributed by atoms with Gasteiger partial charge < -0.3 is 9.84 Å². The molecule has 130 valence electrons. The van der Waals surface area contributed by atoms with Crippen molar-refractivity contribution in [3.05, 3.63) is 24.3 Å². The van der Waals surface area contributed by atoms with Crippen LogP contribution in [-0.2, 0) is 0 Å². The van der Waals surface area contributed by atoms with Crippen molar-refractivity contribution in [2.75, 3.05) is 6.61 Å². The molecule has 1 aliphatic heterocycles. The minimum atomic E-state index is -1.63. The predicted octanol–water partition coefficient (Wildman–Crippen LogP) is 1.17. The lowest BCUT2D eigenvalue weighted by Gasteiger charge is -2.29. The van der Waals surface area contributed by atoms with Crippen LogP contribution in [0.25, 0.3) is 0 Å². The van der Waals surface area contributed by atoms with Gasteiger partial charge in [-0.1, -0.05) is 0 Å². The summed E-state index contributed by atoms with van der Waals surface area (Å²) < 4.78 is 5.26. The number of ether oxygens (including phenoxy) is 1. The number of aliphatic imine (C=N–C) groups is 1. The van der Waals surface area contributed by atoms with E-state index >= 15 is 0 Å². The molecule has 0 bridgehead atoms. The quantitative estimate of drug-likeness (QED) is 0.614. The number of nitrogens with zero attached hydrogens (tertiary/aromatic N) is 3. The second-order valence-electron chi connectivity index (χ2n) is 6.69. The number of nitrogens with one attached hydrogen (secondary N) is 1. The summed E-state index contributed by atoms with van der Waals surface area (Å²) in [5, 5.41) is 23.3. The highest BCUT2D eigenvalue weighted by atomic mass is 16.5. The molecule has 0 spiro atoms. The molecule has 8 heteroatoms. The van der Waals surface area contributed by atoms with Crippen molar-refractivity contribution in [1.29, 1.82) is 5.41 Å². The second kappa shape index (κ2) is 6.31. The largest absolute Gasteiger partial charge is 0.458 e. The Labute approximate surface area is 141 Å². The maximum atomic E-state index is 9.01. The van der Waals surface area contributed by atoms with Gasteiger partial charge in [0.25, 0.3) is 0 Å². The Kier molecular flexibility index (Phi) is 4.75. The van der Waals surface area contributed by atoms with Crippen LogP contribution in [0.5, 0.6) is 5.75 Å². The van der Waals surface area contributed by atoms with Gasteiger partial charge in [0.05, 0.1) is 16.9 Å². The van der Waals surface area contributed by atoms with Crippen LogP contribution in [0.2, 0.25) is 0 Å². The molecule has 0 aromatic heterocycles. The number of aliphatic hydroxyl groups is 1. The van der Waals surface area contributed by atoms with Crippen molar-refractivity contribution in [3.8, 4) is 5.75 Å². The van der Waals surface area contributed by atoms with Crippen LogP contribution in [0.4, 0.5) is 5.69 Å². The summed E-state index contributed by atoms with van der Waals surface area (Å²) in [6.45, 7) is 7.28. The van der Waals surface area contributed by atoms with Gasteiger partial charge in [-0.3, -0.25) is 16.9 Å². The van der Waals surface area contributed by atoms with Crippen molar-refractivity contribution < 1.29 is 9.84 Å². The lowest BCUT2D eigenvalue weighted by Crippen LogP contribution is -2.57. The Morgan fingerprint density at radius 1 is 1.25 bits per heavy atom. The van der Waals surface area contributed by atoms with Gasteiger partial charge in [0.15, 0.2) is 5.84 Å². The summed E-state index contributed by atoms with van der Waals surface area (Å²) in [5.41, 5.74) is 12.7. The molecule has 0 saturated heterocycles. The van der Waals surface area contributed by atoms with Gasteiger partial charge >= 0.3 is 0 Å². The van der Waals surface area contributed by atoms with Gasteiger partial charge in [-0.05, 0) is 52.0 Å². The molecule has 8 nitrogen and oxygen atoms in total. The van der Waals surface area contributed by atoms with Crippen LogP contribution in [-0.4, -0.2) is 45.4 Å². The molecule has 0 saturated carbocycles. The van der Waals surface area contributed by atoms with Crippen LogP contribution in [0, 0.1) is 5.41 Å². The van der Waals surface area contributed by atoms with E-state index in [9.17, 15) is 0 Å². The Morgan fingerprint density at radius 2 is 1.83 bits per heavy atom. The lowest BCUT2D eigenvalue weighted by atomic mass is 10.1. The summed E-state index contributed by atoms with van der Waals surface area (Å²) in [7, 11) is 0. The topological polar surface area (TPSA) is 133 Å². The lowest BCUT2D eigenvalue weighted by molar-refractivity contribution is 0.0198. The predicted molar refractivity (Wildman–Crippen MR) is 94.8 cm³/mol. The summed E-state index contributed by atoms with van der Waals surface area (Å²) in [6, 6.07) is 6.73. The Morgan fingerprint density at radius 3 is 2.29 bits per heavy atom. The molecule has 1 aromatic rings. The Balaban J connectivity index is 2.21. The average Bonchev–Trinajstić information content (AvgIpc) is 2.77. The molecule has 6 N–H and O–H groups in total. The summed E-state index contributed by atoms with van der Waals surface area (Å²) in [4.78, 5) is 4.49. The first-order valence-corrected chi connectivity index (χ1v) is 7.54. The molecular formula is C16H24N6O2. The van der Waals surface area contributed by atoms with Gasteiger partial charge in [0, 0.05) is 0 Å². The fourth-order valence-corrected chi connectivity index (χ4v) is 2.11. The SMILES string of the molecule is CC1=NN(C(C)(C)C)C(=N)C1=Nc1ccc(OC(N)(N)CO)cc1. The van der Waals surface area contributed by atoms with E-state index in [2.05, 4.69) is 10.1 Å². The fraction of sp³-hybridized carbons (Fsp3) is 0.438. The molecule has 2 rings (SSSR count). The number of hydrazone groups is 1. The van der Waals surface area contributed by atoms with Crippen molar-refractivity contribution in [2.24, 2.45) is 21.6 Å². The summed E-state index contributed by atoms with van der Waals surface area (Å²) >= 11 is 0. The minimum Gasteiger partial charge on any atom is -0.458 e. The molecule has 0 atom stereocenters. The highest BCUT2D eigenvalue weighted by molar-refractivity contribution is 6.69. The van der Waals surface area contributed by atoms with E-state index in [4.69, 9.17) is 26.7 Å². The monoisotopic (exact) mass is 332 g/mol. The smallest absolute Gasteiger partial charge is 0.236 e. The molecule has 0 fully saturated rings. The van der Waals surface area contributed by atoms with Crippen LogP contribution >= 0.6 is 0 Å². The van der Waals surface area contributed by atoms with E-state index in [1.807, 2.05) is 27.7 Å². The van der Waals surface area contributed by atoms with E-state index in [0.29, 0.717) is 22.9 Å². The average molecular weight is 332 g/mol. The van der Waals surface area contributed by atoms with Gasteiger partial charge in [-0.2, -0.15) is 5.10 Å². The third-order valence-corrected chi connectivity index (χ3v) is 3.30. The molecule has 0 aliphatic carbocycles. The number of benzene rings is 1. The van der Waals surface area contributed by atoms with Crippen LogP contribution in [0.1, 0.15) is 27.7 Å². The van der Waals surface area contributed by atoms with Gasteiger partial charge in [0.2, 0.25) is 5.85 Å². The Hall–Kier alpha value is -2.29. The number of hydrogen-bond acceptors (Lipinski definition) is 7. The number of nitrogens with two attached hydrogens (primary N) is 2. The van der Waals surface area contributed by atoms with Gasteiger partial charge in [-0.15, -0.1) is 0 Å². The fourth-order valence-electron chi connectivity index (χ4n) is 2.11. The molecular weight excluding hydrogens is 308 g/mol. The highest BCUT2D eigenvalue weighted by Crippen LogP contribution is 2.24. The van der Waals surface area contributed by atoms with Crippen molar-refractivity contribution in [1.82, 2.24) is 5.01 Å². The maximum Gasteiger partial charge on any atom is 0.236 e. The molecule has 0 radical (unpaired) electrons. The van der Waals surface area contributed by atoms with E-state index in [1.165, 1.54) is 0 Å². The summed E-state index contributed by atoms with van der Waals surface area (Å²) in [5.74, 6) is -0.943. The van der Waals surface area contributed by atoms with E-state index in [0.717, 1.165) is 0 Å². The van der Waals surface area contributed by atoms with Crippen LogP contribution in [0.3, 0.4) is 0 Å². The number of hydrogen-bond donors (Lipinski definition) is 4. The van der Waals surface area contributed by atoms with Crippen molar-refractivity contribution >= 4 is 22.9 Å². The minimum absolute atomic E-state index is 0.267. The van der Waals surface area contributed by atoms with Crippen LogP contribution in [0.15, 0.2) is 34.4 Å². The van der Waals surface area contributed by atoms with E-state index in [-0.39, 0.29) is 11.4 Å². The molecule has 24 heavy (non-hydrogen) atoms. The highest BCUT2D eigenvalue weighted by Gasteiger charge is 2.33. The van der Waals surface area contributed by atoms with Gasteiger partial charge in [-0.25, -0.2) is 10.0 Å². The van der Waals surface area contributed by atoms with Gasteiger partial charge in [0.1, 0.15) is 18.1 Å². The standard InChI is InChI=1S/C16H24N6O2/c1-10-13(14(17)22(21-10)15(2,3)4)20-11-5-7-12(8-6-11)24-16(18,19)9-23/h5-8,17,23H,9,18-19H2,1-4H3. The molecule has 0 unspecified atom stereocenters. The summed E-state index contributed by atoms with van der Waals surface area (Å²) in [6.07, 6.45) is 0. The zero-order chi connectivity index (χ0) is 18.1. The third-order valence-electron chi connectivity index (χ3n) is 3.30.